The molecule has 1 saturated heterocycles. The number of hydrogen-bond acceptors (Lipinski definition) is 2. The zero-order chi connectivity index (χ0) is 16.9. The van der Waals surface area contributed by atoms with Gasteiger partial charge in [-0.15, -0.1) is 0 Å². The van der Waals surface area contributed by atoms with Crippen LogP contribution >= 0.6 is 0 Å². The lowest BCUT2D eigenvalue weighted by atomic mass is 9.49. The van der Waals surface area contributed by atoms with Crippen LogP contribution in [-0.4, -0.2) is 25.0 Å². The van der Waals surface area contributed by atoms with Crippen LogP contribution in [0.25, 0.3) is 0 Å². The first-order valence-electron chi connectivity index (χ1n) is 10.3. The molecule has 1 aromatic rings. The summed E-state index contributed by atoms with van der Waals surface area (Å²) in [5, 5.41) is 3.40. The molecule has 0 unspecified atom stereocenters. The SMILES string of the molecule is O=C(NC[C@@H]1CCCN1c1ccccc1)C12CC3CC(CC(C3)C1)C2. The molecule has 25 heavy (non-hydrogen) atoms. The summed E-state index contributed by atoms with van der Waals surface area (Å²) in [5.41, 5.74) is 1.29. The zero-order valence-corrected chi connectivity index (χ0v) is 15.1. The molecule has 0 radical (unpaired) electrons. The van der Waals surface area contributed by atoms with E-state index in [0.29, 0.717) is 11.9 Å². The number of para-hydroxylation sites is 1. The molecule has 134 valence electrons. The molecule has 1 N–H and O–H groups in total. The number of benzene rings is 1. The summed E-state index contributed by atoms with van der Waals surface area (Å²) in [6, 6.07) is 11.1. The third kappa shape index (κ3) is 2.76. The number of hydrogen-bond donors (Lipinski definition) is 1. The van der Waals surface area contributed by atoms with Crippen molar-refractivity contribution < 1.29 is 4.79 Å². The van der Waals surface area contributed by atoms with Crippen molar-refractivity contribution in [1.29, 1.82) is 0 Å². The number of anilines is 1. The predicted molar refractivity (Wildman–Crippen MR) is 100 cm³/mol. The van der Waals surface area contributed by atoms with Crippen molar-refractivity contribution in [2.24, 2.45) is 23.2 Å². The van der Waals surface area contributed by atoms with E-state index in [0.717, 1.165) is 30.8 Å². The van der Waals surface area contributed by atoms with E-state index >= 15 is 0 Å². The molecule has 3 heteroatoms. The van der Waals surface area contributed by atoms with E-state index in [1.165, 1.54) is 57.1 Å². The van der Waals surface area contributed by atoms with Crippen LogP contribution < -0.4 is 10.2 Å². The predicted octanol–water partition coefficient (Wildman–Crippen LogP) is 3.99. The van der Waals surface area contributed by atoms with Crippen molar-refractivity contribution in [3.8, 4) is 0 Å². The Morgan fingerprint density at radius 1 is 1.04 bits per heavy atom. The fourth-order valence-corrected chi connectivity index (χ4v) is 6.79. The van der Waals surface area contributed by atoms with Gasteiger partial charge in [0.15, 0.2) is 0 Å². The van der Waals surface area contributed by atoms with Crippen molar-refractivity contribution >= 4 is 11.6 Å². The molecule has 4 bridgehead atoms. The summed E-state index contributed by atoms with van der Waals surface area (Å²) >= 11 is 0. The van der Waals surface area contributed by atoms with Crippen LogP contribution in [-0.2, 0) is 4.79 Å². The van der Waals surface area contributed by atoms with Crippen molar-refractivity contribution in [3.05, 3.63) is 30.3 Å². The third-order valence-electron chi connectivity index (χ3n) is 7.48. The van der Waals surface area contributed by atoms with E-state index in [-0.39, 0.29) is 5.41 Å². The molecular formula is C22H30N2O. The van der Waals surface area contributed by atoms with Gasteiger partial charge in [-0.05, 0) is 81.3 Å². The second-order valence-electron chi connectivity index (χ2n) is 9.23. The molecule has 6 rings (SSSR count). The van der Waals surface area contributed by atoms with Gasteiger partial charge in [0.05, 0.1) is 0 Å². The molecule has 1 aliphatic heterocycles. The zero-order valence-electron chi connectivity index (χ0n) is 15.1. The Balaban J connectivity index is 1.25. The number of amides is 1. The molecule has 0 spiro atoms. The summed E-state index contributed by atoms with van der Waals surface area (Å²) in [4.78, 5) is 15.7. The van der Waals surface area contributed by atoms with E-state index in [1.807, 2.05) is 0 Å². The van der Waals surface area contributed by atoms with Crippen molar-refractivity contribution in [2.45, 2.75) is 57.4 Å². The molecule has 1 aromatic carbocycles. The van der Waals surface area contributed by atoms with Crippen LogP contribution in [0.4, 0.5) is 5.69 Å². The number of nitrogens with one attached hydrogen (secondary N) is 1. The maximum atomic E-state index is 13.2. The number of carbonyl (C=O) groups is 1. The maximum Gasteiger partial charge on any atom is 0.226 e. The van der Waals surface area contributed by atoms with E-state index in [2.05, 4.69) is 40.5 Å². The summed E-state index contributed by atoms with van der Waals surface area (Å²) in [6.07, 6.45) is 10.1. The first kappa shape index (κ1) is 15.7. The number of nitrogens with zero attached hydrogens (tertiary/aromatic N) is 1. The second kappa shape index (κ2) is 6.03. The molecule has 4 saturated carbocycles. The first-order chi connectivity index (χ1) is 12.2. The van der Waals surface area contributed by atoms with Crippen LogP contribution in [0, 0.1) is 23.2 Å². The maximum absolute atomic E-state index is 13.2. The van der Waals surface area contributed by atoms with E-state index in [1.54, 1.807) is 0 Å². The van der Waals surface area contributed by atoms with Gasteiger partial charge in [-0.25, -0.2) is 0 Å². The molecule has 5 fully saturated rings. The molecule has 4 aliphatic carbocycles. The van der Waals surface area contributed by atoms with E-state index in [9.17, 15) is 4.79 Å². The smallest absolute Gasteiger partial charge is 0.226 e. The molecular weight excluding hydrogens is 308 g/mol. The van der Waals surface area contributed by atoms with Gasteiger partial charge in [-0.3, -0.25) is 4.79 Å². The Morgan fingerprint density at radius 2 is 1.68 bits per heavy atom. The lowest BCUT2D eigenvalue weighted by Crippen LogP contribution is -2.55. The van der Waals surface area contributed by atoms with Crippen LogP contribution in [0.2, 0.25) is 0 Å². The summed E-state index contributed by atoms with van der Waals surface area (Å²) < 4.78 is 0. The highest BCUT2D eigenvalue weighted by molar-refractivity contribution is 5.83. The third-order valence-corrected chi connectivity index (χ3v) is 7.48. The molecule has 3 nitrogen and oxygen atoms in total. The molecule has 1 heterocycles. The minimum absolute atomic E-state index is 0.00900. The Labute approximate surface area is 151 Å². The van der Waals surface area contributed by atoms with Gasteiger partial charge in [-0.1, -0.05) is 18.2 Å². The number of carbonyl (C=O) groups excluding carboxylic acids is 1. The van der Waals surface area contributed by atoms with Crippen LogP contribution in [0.15, 0.2) is 30.3 Å². The van der Waals surface area contributed by atoms with Gasteiger partial charge in [0.25, 0.3) is 0 Å². The second-order valence-corrected chi connectivity index (χ2v) is 9.23. The topological polar surface area (TPSA) is 32.3 Å². The summed E-state index contributed by atoms with van der Waals surface area (Å²) in [6.45, 7) is 1.93. The lowest BCUT2D eigenvalue weighted by Gasteiger charge is -2.55. The Morgan fingerprint density at radius 3 is 2.32 bits per heavy atom. The van der Waals surface area contributed by atoms with Gasteiger partial charge in [0.1, 0.15) is 0 Å². The first-order valence-corrected chi connectivity index (χ1v) is 10.3. The summed E-state index contributed by atoms with van der Waals surface area (Å²) in [7, 11) is 0. The van der Waals surface area contributed by atoms with Crippen molar-refractivity contribution in [2.75, 3.05) is 18.0 Å². The highest BCUT2D eigenvalue weighted by atomic mass is 16.2. The lowest BCUT2D eigenvalue weighted by molar-refractivity contribution is -0.146. The Hall–Kier alpha value is -1.51. The van der Waals surface area contributed by atoms with Crippen molar-refractivity contribution in [1.82, 2.24) is 5.32 Å². The van der Waals surface area contributed by atoms with Crippen molar-refractivity contribution in [3.63, 3.8) is 0 Å². The molecule has 1 amide bonds. The monoisotopic (exact) mass is 338 g/mol. The van der Waals surface area contributed by atoms with Crippen LogP contribution in [0.3, 0.4) is 0 Å². The fraction of sp³-hybridized carbons (Fsp3) is 0.682. The molecule has 0 aromatic heterocycles. The van der Waals surface area contributed by atoms with Crippen LogP contribution in [0.5, 0.6) is 0 Å². The number of rotatable bonds is 4. The largest absolute Gasteiger partial charge is 0.367 e. The Kier molecular flexibility index (Phi) is 3.79. The quantitative estimate of drug-likeness (QED) is 0.900. The molecule has 1 atom stereocenters. The highest BCUT2D eigenvalue weighted by Crippen LogP contribution is 2.60. The molecule has 5 aliphatic rings. The minimum Gasteiger partial charge on any atom is -0.367 e. The average molecular weight is 338 g/mol. The van der Waals surface area contributed by atoms with Gasteiger partial charge >= 0.3 is 0 Å². The Bertz CT molecular complexity index is 605. The van der Waals surface area contributed by atoms with E-state index < -0.39 is 0 Å². The van der Waals surface area contributed by atoms with Gasteiger partial charge in [-0.2, -0.15) is 0 Å². The normalized spacial score (nSPS) is 39.0. The highest BCUT2D eigenvalue weighted by Gasteiger charge is 2.54. The average Bonchev–Trinajstić information content (AvgIpc) is 3.08. The van der Waals surface area contributed by atoms with Crippen LogP contribution in [0.1, 0.15) is 51.4 Å². The van der Waals surface area contributed by atoms with Gasteiger partial charge in [0.2, 0.25) is 5.91 Å². The van der Waals surface area contributed by atoms with Gasteiger partial charge < -0.3 is 10.2 Å². The van der Waals surface area contributed by atoms with E-state index in [4.69, 9.17) is 0 Å². The fourth-order valence-electron chi connectivity index (χ4n) is 6.79. The van der Waals surface area contributed by atoms with Gasteiger partial charge in [0, 0.05) is 30.2 Å². The standard InChI is InChI=1S/C22H30N2O/c25-21(22-12-16-9-17(13-22)11-18(10-16)14-22)23-15-20-7-4-8-24(20)19-5-2-1-3-6-19/h1-3,5-6,16-18,20H,4,7-15H2,(H,23,25)/t16?,17?,18?,20-,22?/m0/s1. The minimum atomic E-state index is -0.00900. The summed E-state index contributed by atoms with van der Waals surface area (Å²) in [5.74, 6) is 2.89.